The van der Waals surface area contributed by atoms with Crippen molar-refractivity contribution < 1.29 is 9.47 Å². The molecule has 0 radical (unpaired) electrons. The van der Waals surface area contributed by atoms with Crippen LogP contribution in [0.15, 0.2) is 53.6 Å². The highest BCUT2D eigenvalue weighted by Crippen LogP contribution is 2.22. The molecule has 27 heavy (non-hydrogen) atoms. The van der Waals surface area contributed by atoms with E-state index in [0.717, 1.165) is 48.1 Å². The van der Waals surface area contributed by atoms with Gasteiger partial charge in [0.1, 0.15) is 23.6 Å². The zero-order valence-corrected chi connectivity index (χ0v) is 16.2. The first-order valence-corrected chi connectivity index (χ1v) is 9.21. The SMILES string of the molecule is C=C/C=C(\C=C1/CNN=C1c1cc(N2CC[C@@H](OC)C2)ncn1)OC(C)C. The van der Waals surface area contributed by atoms with Crippen LogP contribution in [0.5, 0.6) is 0 Å². The molecule has 2 aliphatic heterocycles. The van der Waals surface area contributed by atoms with E-state index in [2.05, 4.69) is 32.0 Å². The fourth-order valence-electron chi connectivity index (χ4n) is 3.16. The van der Waals surface area contributed by atoms with Crippen molar-refractivity contribution >= 4 is 11.5 Å². The molecule has 2 aliphatic rings. The summed E-state index contributed by atoms with van der Waals surface area (Å²) < 4.78 is 11.3. The van der Waals surface area contributed by atoms with E-state index in [0.29, 0.717) is 6.54 Å². The fraction of sp³-hybridized carbons (Fsp3) is 0.450. The summed E-state index contributed by atoms with van der Waals surface area (Å²) in [7, 11) is 1.75. The maximum atomic E-state index is 5.84. The van der Waals surface area contributed by atoms with Crippen LogP contribution < -0.4 is 10.3 Å². The largest absolute Gasteiger partial charge is 0.491 e. The minimum absolute atomic E-state index is 0.0809. The predicted octanol–water partition coefficient (Wildman–Crippen LogP) is 2.43. The predicted molar refractivity (Wildman–Crippen MR) is 107 cm³/mol. The van der Waals surface area contributed by atoms with Gasteiger partial charge in [0.2, 0.25) is 0 Å². The van der Waals surface area contributed by atoms with E-state index >= 15 is 0 Å². The summed E-state index contributed by atoms with van der Waals surface area (Å²) in [6.07, 6.45) is 8.49. The Labute approximate surface area is 160 Å². The Morgan fingerprint density at radius 3 is 2.96 bits per heavy atom. The molecule has 1 fully saturated rings. The van der Waals surface area contributed by atoms with Gasteiger partial charge in [-0.3, -0.25) is 0 Å². The van der Waals surface area contributed by atoms with Crippen molar-refractivity contribution in [1.82, 2.24) is 15.4 Å². The number of rotatable bonds is 7. The maximum absolute atomic E-state index is 5.84. The molecule has 7 heteroatoms. The molecule has 1 aromatic heterocycles. The molecule has 0 aliphatic carbocycles. The van der Waals surface area contributed by atoms with Crippen molar-refractivity contribution in [2.45, 2.75) is 32.5 Å². The van der Waals surface area contributed by atoms with Crippen molar-refractivity contribution in [1.29, 1.82) is 0 Å². The molecule has 1 saturated heterocycles. The second kappa shape index (κ2) is 8.81. The quantitative estimate of drug-likeness (QED) is 0.588. The molecule has 0 unspecified atom stereocenters. The Hall–Kier alpha value is -2.67. The van der Waals surface area contributed by atoms with E-state index < -0.39 is 0 Å². The van der Waals surface area contributed by atoms with Gasteiger partial charge < -0.3 is 19.8 Å². The summed E-state index contributed by atoms with van der Waals surface area (Å²) in [5.41, 5.74) is 5.66. The van der Waals surface area contributed by atoms with Crippen LogP contribution in [0.3, 0.4) is 0 Å². The highest BCUT2D eigenvalue weighted by Gasteiger charge is 2.25. The minimum atomic E-state index is 0.0809. The number of ether oxygens (including phenoxy) is 2. The number of hydrogen-bond donors (Lipinski definition) is 1. The lowest BCUT2D eigenvalue weighted by Gasteiger charge is -2.17. The molecule has 3 rings (SSSR count). The Bertz CT molecular complexity index is 769. The molecular weight excluding hydrogens is 342 g/mol. The van der Waals surface area contributed by atoms with Gasteiger partial charge in [-0.25, -0.2) is 9.97 Å². The number of nitrogens with one attached hydrogen (secondary N) is 1. The third kappa shape index (κ3) is 4.74. The molecule has 144 valence electrons. The smallest absolute Gasteiger partial charge is 0.132 e. The van der Waals surface area contributed by atoms with Gasteiger partial charge in [-0.15, -0.1) is 0 Å². The van der Waals surface area contributed by atoms with Gasteiger partial charge in [0, 0.05) is 31.8 Å². The molecule has 0 amide bonds. The molecule has 3 heterocycles. The third-order valence-corrected chi connectivity index (χ3v) is 4.43. The van der Waals surface area contributed by atoms with E-state index in [1.807, 2.05) is 32.1 Å². The number of methoxy groups -OCH3 is 1. The molecule has 0 bridgehead atoms. The van der Waals surface area contributed by atoms with Crippen molar-refractivity contribution in [2.24, 2.45) is 5.10 Å². The van der Waals surface area contributed by atoms with Gasteiger partial charge in [0.25, 0.3) is 0 Å². The molecule has 7 nitrogen and oxygen atoms in total. The summed E-state index contributed by atoms with van der Waals surface area (Å²) in [4.78, 5) is 11.1. The van der Waals surface area contributed by atoms with Crippen LogP contribution >= 0.6 is 0 Å². The van der Waals surface area contributed by atoms with Gasteiger partial charge in [-0.1, -0.05) is 12.7 Å². The zero-order chi connectivity index (χ0) is 19.2. The van der Waals surface area contributed by atoms with E-state index in [4.69, 9.17) is 9.47 Å². The van der Waals surface area contributed by atoms with Gasteiger partial charge in [-0.2, -0.15) is 5.10 Å². The highest BCUT2D eigenvalue weighted by atomic mass is 16.5. The Kier molecular flexibility index (Phi) is 6.24. The Morgan fingerprint density at radius 1 is 1.41 bits per heavy atom. The molecule has 1 atom stereocenters. The average molecular weight is 369 g/mol. The van der Waals surface area contributed by atoms with Gasteiger partial charge in [-0.05, 0) is 32.4 Å². The topological polar surface area (TPSA) is 71.9 Å². The lowest BCUT2D eigenvalue weighted by Crippen LogP contribution is -2.23. The first-order valence-electron chi connectivity index (χ1n) is 9.21. The molecule has 0 spiro atoms. The van der Waals surface area contributed by atoms with E-state index in [1.165, 1.54) is 0 Å². The highest BCUT2D eigenvalue weighted by molar-refractivity contribution is 6.13. The first-order chi connectivity index (χ1) is 13.1. The lowest BCUT2D eigenvalue weighted by atomic mass is 10.1. The molecule has 0 aromatic carbocycles. The maximum Gasteiger partial charge on any atom is 0.132 e. The Morgan fingerprint density at radius 2 is 2.26 bits per heavy atom. The minimum Gasteiger partial charge on any atom is -0.491 e. The van der Waals surface area contributed by atoms with Gasteiger partial charge in [0.15, 0.2) is 0 Å². The van der Waals surface area contributed by atoms with E-state index in [-0.39, 0.29) is 12.2 Å². The van der Waals surface area contributed by atoms with Crippen LogP contribution in [-0.2, 0) is 9.47 Å². The lowest BCUT2D eigenvalue weighted by molar-refractivity contribution is 0.121. The van der Waals surface area contributed by atoms with Crippen molar-refractivity contribution in [3.8, 4) is 0 Å². The van der Waals surface area contributed by atoms with Crippen LogP contribution in [0.1, 0.15) is 26.0 Å². The molecule has 1 N–H and O–H groups in total. The monoisotopic (exact) mass is 369 g/mol. The fourth-order valence-corrected chi connectivity index (χ4v) is 3.16. The molecule has 0 saturated carbocycles. The van der Waals surface area contributed by atoms with Crippen LogP contribution in [0.4, 0.5) is 5.82 Å². The average Bonchev–Trinajstić information content (AvgIpc) is 3.31. The van der Waals surface area contributed by atoms with Crippen LogP contribution in [0, 0.1) is 0 Å². The van der Waals surface area contributed by atoms with Crippen molar-refractivity contribution in [3.05, 3.63) is 54.2 Å². The number of aromatic nitrogens is 2. The zero-order valence-electron chi connectivity index (χ0n) is 16.2. The molecular formula is C20H27N5O2. The second-order valence-corrected chi connectivity index (χ2v) is 6.79. The summed E-state index contributed by atoms with van der Waals surface area (Å²) in [5.74, 6) is 1.65. The van der Waals surface area contributed by atoms with Crippen LogP contribution in [0.25, 0.3) is 0 Å². The van der Waals surface area contributed by atoms with Crippen molar-refractivity contribution in [3.63, 3.8) is 0 Å². The molecule has 1 aromatic rings. The first kappa shape index (κ1) is 19.1. The van der Waals surface area contributed by atoms with E-state index in [1.54, 1.807) is 19.5 Å². The summed E-state index contributed by atoms with van der Waals surface area (Å²) in [5, 5.41) is 4.43. The number of hydrogen-bond acceptors (Lipinski definition) is 7. The van der Waals surface area contributed by atoms with Crippen LogP contribution in [0.2, 0.25) is 0 Å². The van der Waals surface area contributed by atoms with Gasteiger partial charge >= 0.3 is 0 Å². The number of anilines is 1. The van der Waals surface area contributed by atoms with Crippen LogP contribution in [-0.4, -0.2) is 54.6 Å². The number of allylic oxidation sites excluding steroid dienone is 3. The van der Waals surface area contributed by atoms with E-state index in [9.17, 15) is 0 Å². The van der Waals surface area contributed by atoms with Gasteiger partial charge in [0.05, 0.1) is 24.4 Å². The number of nitrogens with zero attached hydrogens (tertiary/aromatic N) is 4. The van der Waals surface area contributed by atoms with Crippen molar-refractivity contribution in [2.75, 3.05) is 31.6 Å². The number of hydrazone groups is 1. The summed E-state index contributed by atoms with van der Waals surface area (Å²) >= 11 is 0. The summed E-state index contributed by atoms with van der Waals surface area (Å²) in [6.45, 7) is 10.1. The standard InChI is InChI=1S/C20H27N5O2/c1-5-6-16(27-14(2)3)9-15-11-23-24-20(15)18-10-19(22-13-21-18)25-8-7-17(12-25)26-4/h5-6,9-10,13-14,17,23H,1,7-8,11-12H2,2-4H3/b15-9+,16-6+/t17-/m1/s1. The Balaban J connectivity index is 1.83. The summed E-state index contributed by atoms with van der Waals surface area (Å²) in [6, 6.07) is 1.98. The third-order valence-electron chi connectivity index (χ3n) is 4.43. The normalized spacial score (nSPS) is 21.6. The second-order valence-electron chi connectivity index (χ2n) is 6.79.